The monoisotopic (exact) mass is 315 g/mol. The number of likely N-dealkylation sites (tertiary alicyclic amines) is 1. The second kappa shape index (κ2) is 5.93. The van der Waals surface area contributed by atoms with Gasteiger partial charge in [-0.3, -0.25) is 16.0 Å². The molecule has 0 radical (unpaired) electrons. The second-order valence-electron chi connectivity index (χ2n) is 4.95. The third-order valence-electron chi connectivity index (χ3n) is 3.33. The van der Waals surface area contributed by atoms with Crippen LogP contribution >= 0.6 is 0 Å². The molecule has 0 aromatic heterocycles. The van der Waals surface area contributed by atoms with E-state index in [1.807, 2.05) is 11.9 Å². The van der Waals surface area contributed by atoms with Crippen LogP contribution in [0.2, 0.25) is 0 Å². The first-order chi connectivity index (χ1) is 9.83. The van der Waals surface area contributed by atoms with E-state index >= 15 is 0 Å². The molecule has 0 saturated carbocycles. The van der Waals surface area contributed by atoms with Crippen molar-refractivity contribution in [2.75, 3.05) is 25.6 Å². The van der Waals surface area contributed by atoms with Gasteiger partial charge < -0.3 is 10.3 Å². The fourth-order valence-corrected chi connectivity index (χ4v) is 3.73. The van der Waals surface area contributed by atoms with Gasteiger partial charge in [0.25, 0.3) is 5.69 Å². The molecule has 1 atom stereocenters. The van der Waals surface area contributed by atoms with Gasteiger partial charge in [-0.25, -0.2) is 13.1 Å². The highest BCUT2D eigenvalue weighted by Crippen LogP contribution is 2.26. The molecule has 1 saturated heterocycles. The molecule has 1 aliphatic heterocycles. The van der Waals surface area contributed by atoms with Crippen LogP contribution in [0.3, 0.4) is 0 Å². The number of nitrogens with zero attached hydrogens (tertiary/aromatic N) is 2. The Morgan fingerprint density at radius 2 is 2.19 bits per heavy atom. The number of nitro benzene ring substituents is 1. The number of benzene rings is 1. The predicted molar refractivity (Wildman–Crippen MR) is 77.1 cm³/mol. The van der Waals surface area contributed by atoms with Crippen LogP contribution in [0, 0.1) is 10.1 Å². The summed E-state index contributed by atoms with van der Waals surface area (Å²) in [4.78, 5) is 11.9. The summed E-state index contributed by atoms with van der Waals surface area (Å²) < 4.78 is 27.4. The molecule has 0 spiro atoms. The Labute approximate surface area is 122 Å². The average Bonchev–Trinajstić information content (AvgIpc) is 2.82. The number of nitrogens with two attached hydrogens (primary N) is 1. The molecule has 10 heteroatoms. The first-order valence-electron chi connectivity index (χ1n) is 6.29. The number of rotatable bonds is 5. The fraction of sp³-hybridized carbons (Fsp3) is 0.455. The van der Waals surface area contributed by atoms with Gasteiger partial charge in [-0.1, -0.05) is 0 Å². The lowest BCUT2D eigenvalue weighted by Gasteiger charge is -2.15. The van der Waals surface area contributed by atoms with Gasteiger partial charge in [0.05, 0.1) is 10.6 Å². The highest BCUT2D eigenvalue weighted by Gasteiger charge is 2.28. The first-order valence-corrected chi connectivity index (χ1v) is 7.78. The first kappa shape index (κ1) is 15.6. The van der Waals surface area contributed by atoms with Crippen LogP contribution in [-0.2, 0) is 10.0 Å². The zero-order valence-electron chi connectivity index (χ0n) is 11.4. The lowest BCUT2D eigenvalue weighted by atomic mass is 10.3. The van der Waals surface area contributed by atoms with E-state index in [1.54, 1.807) is 0 Å². The van der Waals surface area contributed by atoms with Gasteiger partial charge in [0.2, 0.25) is 10.0 Å². The van der Waals surface area contributed by atoms with Gasteiger partial charge in [0.1, 0.15) is 4.90 Å². The molecular weight excluding hydrogens is 298 g/mol. The zero-order chi connectivity index (χ0) is 15.6. The summed E-state index contributed by atoms with van der Waals surface area (Å²) in [6, 6.07) is 3.24. The van der Waals surface area contributed by atoms with Crippen LogP contribution in [0.15, 0.2) is 23.1 Å². The standard InChI is InChI=1S/C11H17N5O4S/c1-15-5-4-8(7-15)14-21(19,20)11-6-9(16(17)18)2-3-10(11)13-12/h2-3,6,8,13-14H,4-5,7,12H2,1H3. The van der Waals surface area contributed by atoms with Gasteiger partial charge in [-0.15, -0.1) is 0 Å². The minimum Gasteiger partial charge on any atom is -0.323 e. The molecule has 0 aliphatic carbocycles. The van der Waals surface area contributed by atoms with Gasteiger partial charge in [0.15, 0.2) is 0 Å². The molecule has 1 heterocycles. The smallest absolute Gasteiger partial charge is 0.270 e. The molecule has 1 aromatic rings. The summed E-state index contributed by atoms with van der Waals surface area (Å²) in [5, 5.41) is 10.8. The lowest BCUT2D eigenvalue weighted by molar-refractivity contribution is -0.385. The maximum absolute atomic E-state index is 12.4. The van der Waals surface area contributed by atoms with Crippen molar-refractivity contribution in [1.82, 2.24) is 9.62 Å². The quantitative estimate of drug-likeness (QED) is 0.391. The maximum atomic E-state index is 12.4. The van der Waals surface area contributed by atoms with E-state index in [0.717, 1.165) is 12.6 Å². The Bertz CT molecular complexity index is 648. The summed E-state index contributed by atoms with van der Waals surface area (Å²) in [6.07, 6.45) is 0.691. The van der Waals surface area contributed by atoms with E-state index in [9.17, 15) is 18.5 Å². The number of anilines is 1. The topological polar surface area (TPSA) is 131 Å². The minimum absolute atomic E-state index is 0.111. The Morgan fingerprint density at radius 1 is 1.48 bits per heavy atom. The molecule has 21 heavy (non-hydrogen) atoms. The normalized spacial score (nSPS) is 19.6. The number of hydrogen-bond acceptors (Lipinski definition) is 7. The summed E-state index contributed by atoms with van der Waals surface area (Å²) in [5.41, 5.74) is 2.05. The number of nitrogens with one attached hydrogen (secondary N) is 2. The number of likely N-dealkylation sites (N-methyl/N-ethyl adjacent to an activating group) is 1. The summed E-state index contributed by atoms with van der Waals surface area (Å²) in [6.45, 7) is 1.39. The number of nitrogen functional groups attached to an aromatic ring is 1. The molecule has 9 nitrogen and oxygen atoms in total. The molecule has 0 amide bonds. The molecular formula is C11H17N5O4S. The Hall–Kier alpha value is -1.75. The molecule has 0 bridgehead atoms. The van der Waals surface area contributed by atoms with E-state index in [4.69, 9.17) is 5.84 Å². The fourth-order valence-electron chi connectivity index (χ4n) is 2.28. The predicted octanol–water partition coefficient (Wildman–Crippen LogP) is -0.137. The van der Waals surface area contributed by atoms with E-state index < -0.39 is 14.9 Å². The number of nitro groups is 1. The summed E-state index contributed by atoms with van der Waals surface area (Å²) in [7, 11) is -1.99. The van der Waals surface area contributed by atoms with Crippen molar-refractivity contribution in [2.24, 2.45) is 5.84 Å². The molecule has 2 rings (SSSR count). The lowest BCUT2D eigenvalue weighted by Crippen LogP contribution is -2.37. The summed E-state index contributed by atoms with van der Waals surface area (Å²) >= 11 is 0. The van der Waals surface area contributed by atoms with E-state index in [-0.39, 0.29) is 22.3 Å². The second-order valence-corrected chi connectivity index (χ2v) is 6.63. The molecule has 1 aliphatic rings. The van der Waals surface area contributed by atoms with Crippen molar-refractivity contribution in [3.8, 4) is 0 Å². The molecule has 1 unspecified atom stereocenters. The number of sulfonamides is 1. The van der Waals surface area contributed by atoms with Crippen LogP contribution in [0.25, 0.3) is 0 Å². The minimum atomic E-state index is -3.89. The van der Waals surface area contributed by atoms with Crippen molar-refractivity contribution < 1.29 is 13.3 Å². The Morgan fingerprint density at radius 3 is 2.71 bits per heavy atom. The van der Waals surface area contributed by atoms with Gasteiger partial charge in [0, 0.05) is 24.7 Å². The Balaban J connectivity index is 2.33. The number of hydrazine groups is 1. The van der Waals surface area contributed by atoms with Crippen LogP contribution in [0.1, 0.15) is 6.42 Å². The number of non-ortho nitro benzene ring substituents is 1. The van der Waals surface area contributed by atoms with Gasteiger partial charge in [-0.05, 0) is 26.1 Å². The molecule has 116 valence electrons. The zero-order valence-corrected chi connectivity index (χ0v) is 12.3. The Kier molecular flexibility index (Phi) is 4.42. The SMILES string of the molecule is CN1CCC(NS(=O)(=O)c2cc([N+](=O)[O-])ccc2NN)C1. The van der Waals surface area contributed by atoms with Crippen LogP contribution in [-0.4, -0.2) is 44.4 Å². The van der Waals surface area contributed by atoms with Crippen LogP contribution in [0.5, 0.6) is 0 Å². The van der Waals surface area contributed by atoms with Crippen molar-refractivity contribution in [3.63, 3.8) is 0 Å². The average molecular weight is 315 g/mol. The molecule has 1 fully saturated rings. The van der Waals surface area contributed by atoms with E-state index in [2.05, 4.69) is 10.1 Å². The van der Waals surface area contributed by atoms with Crippen molar-refractivity contribution in [2.45, 2.75) is 17.4 Å². The molecule has 1 aromatic carbocycles. The van der Waals surface area contributed by atoms with Gasteiger partial charge in [-0.2, -0.15) is 0 Å². The van der Waals surface area contributed by atoms with Gasteiger partial charge >= 0.3 is 0 Å². The van der Waals surface area contributed by atoms with Crippen LogP contribution in [0.4, 0.5) is 11.4 Å². The largest absolute Gasteiger partial charge is 0.323 e. The highest BCUT2D eigenvalue weighted by atomic mass is 32.2. The number of hydrogen-bond donors (Lipinski definition) is 3. The van der Waals surface area contributed by atoms with Crippen LogP contribution < -0.4 is 16.0 Å². The maximum Gasteiger partial charge on any atom is 0.270 e. The third-order valence-corrected chi connectivity index (χ3v) is 4.89. The van der Waals surface area contributed by atoms with Crippen molar-refractivity contribution in [1.29, 1.82) is 0 Å². The summed E-state index contributed by atoms with van der Waals surface area (Å²) in [5.74, 6) is 5.28. The van der Waals surface area contributed by atoms with E-state index in [1.165, 1.54) is 12.1 Å². The highest BCUT2D eigenvalue weighted by molar-refractivity contribution is 7.89. The van der Waals surface area contributed by atoms with Crippen molar-refractivity contribution >= 4 is 21.4 Å². The van der Waals surface area contributed by atoms with Crippen molar-refractivity contribution in [3.05, 3.63) is 28.3 Å². The third kappa shape index (κ3) is 3.47. The van der Waals surface area contributed by atoms with E-state index in [0.29, 0.717) is 13.0 Å². The molecule has 4 N–H and O–H groups in total.